The van der Waals surface area contributed by atoms with Crippen molar-refractivity contribution in [3.8, 4) is 10.6 Å². The lowest BCUT2D eigenvalue weighted by atomic mass is 10.2. The van der Waals surface area contributed by atoms with Gasteiger partial charge >= 0.3 is 0 Å². The molecule has 1 heterocycles. The number of carbonyl (C=O) groups is 1. The molecular weight excluding hydrogens is 270 g/mol. The Morgan fingerprint density at radius 3 is 2.60 bits per heavy atom. The molecular formula is C15H19N3OS. The normalized spacial score (nSPS) is 12.2. The fraction of sp³-hybridized carbons (Fsp3) is 0.333. The highest BCUT2D eigenvalue weighted by Gasteiger charge is 2.16. The van der Waals surface area contributed by atoms with Crippen molar-refractivity contribution in [1.82, 2.24) is 10.3 Å². The zero-order valence-electron chi connectivity index (χ0n) is 11.9. The Morgan fingerprint density at radius 2 is 2.00 bits per heavy atom. The lowest BCUT2D eigenvalue weighted by Crippen LogP contribution is -2.32. The van der Waals surface area contributed by atoms with E-state index < -0.39 is 0 Å². The molecule has 3 N–H and O–H groups in total. The van der Waals surface area contributed by atoms with Crippen molar-refractivity contribution in [2.45, 2.75) is 26.8 Å². The molecule has 0 aliphatic heterocycles. The summed E-state index contributed by atoms with van der Waals surface area (Å²) in [4.78, 5) is 17.0. The summed E-state index contributed by atoms with van der Waals surface area (Å²) in [7, 11) is 0. The van der Waals surface area contributed by atoms with Crippen LogP contribution < -0.4 is 11.1 Å². The van der Waals surface area contributed by atoms with Gasteiger partial charge in [-0.15, -0.1) is 11.3 Å². The quantitative estimate of drug-likeness (QED) is 0.909. The fourth-order valence-electron chi connectivity index (χ4n) is 2.00. The molecule has 0 spiro atoms. The molecule has 1 aromatic carbocycles. The Hall–Kier alpha value is -1.72. The number of benzene rings is 1. The monoisotopic (exact) mass is 289 g/mol. The second kappa shape index (κ2) is 6.15. The van der Waals surface area contributed by atoms with Gasteiger partial charge in [-0.25, -0.2) is 4.98 Å². The third kappa shape index (κ3) is 3.23. The molecule has 0 fully saturated rings. The summed E-state index contributed by atoms with van der Waals surface area (Å²) in [5, 5.41) is 3.85. The molecule has 0 bridgehead atoms. The molecule has 0 saturated heterocycles. The van der Waals surface area contributed by atoms with Crippen LogP contribution in [0, 0.1) is 13.8 Å². The van der Waals surface area contributed by atoms with Crippen molar-refractivity contribution >= 4 is 17.2 Å². The third-order valence-electron chi connectivity index (χ3n) is 3.09. The van der Waals surface area contributed by atoms with E-state index in [-0.39, 0.29) is 18.5 Å². The number of nitrogens with one attached hydrogen (secondary N) is 1. The van der Waals surface area contributed by atoms with Crippen molar-refractivity contribution in [2.75, 3.05) is 6.54 Å². The summed E-state index contributed by atoms with van der Waals surface area (Å²) in [5.74, 6) is -0.151. The van der Waals surface area contributed by atoms with E-state index in [2.05, 4.69) is 41.5 Å². The number of nitrogens with zero attached hydrogens (tertiary/aromatic N) is 1. The first kappa shape index (κ1) is 14.7. The highest BCUT2D eigenvalue weighted by Crippen LogP contribution is 2.31. The van der Waals surface area contributed by atoms with Crippen LogP contribution in [-0.4, -0.2) is 17.4 Å². The lowest BCUT2D eigenvalue weighted by Gasteiger charge is -2.11. The van der Waals surface area contributed by atoms with Gasteiger partial charge in [-0.3, -0.25) is 4.79 Å². The summed E-state index contributed by atoms with van der Waals surface area (Å²) in [5.41, 5.74) is 8.61. The smallest absolute Gasteiger partial charge is 0.234 e. The van der Waals surface area contributed by atoms with Gasteiger partial charge in [0, 0.05) is 5.56 Å². The maximum Gasteiger partial charge on any atom is 0.234 e. The molecule has 106 valence electrons. The minimum atomic E-state index is -0.151. The molecule has 1 amide bonds. The van der Waals surface area contributed by atoms with E-state index in [1.54, 1.807) is 11.3 Å². The fourth-order valence-corrected chi connectivity index (χ4v) is 3.07. The first-order valence-electron chi connectivity index (χ1n) is 6.55. The Balaban J connectivity index is 2.25. The van der Waals surface area contributed by atoms with Crippen LogP contribution in [0.5, 0.6) is 0 Å². The number of nitrogens with two attached hydrogens (primary N) is 1. The Bertz CT molecular complexity index is 604. The van der Waals surface area contributed by atoms with Crippen LogP contribution in [-0.2, 0) is 4.79 Å². The van der Waals surface area contributed by atoms with Crippen molar-refractivity contribution in [1.29, 1.82) is 0 Å². The summed E-state index contributed by atoms with van der Waals surface area (Å²) in [6.45, 7) is 5.99. The van der Waals surface area contributed by atoms with Crippen LogP contribution in [0.15, 0.2) is 24.3 Å². The van der Waals surface area contributed by atoms with Crippen molar-refractivity contribution in [3.63, 3.8) is 0 Å². The molecule has 2 aromatic rings. The Kier molecular flexibility index (Phi) is 4.52. The molecule has 2 rings (SSSR count). The summed E-state index contributed by atoms with van der Waals surface area (Å²) >= 11 is 1.61. The third-order valence-corrected chi connectivity index (χ3v) is 4.48. The SMILES string of the molecule is Cc1ccc(-c2nc(C)c(C(C)NC(=O)CN)s2)cc1. The maximum absolute atomic E-state index is 11.4. The van der Waals surface area contributed by atoms with Gasteiger partial charge in [-0.2, -0.15) is 0 Å². The number of hydrogen-bond acceptors (Lipinski definition) is 4. The van der Waals surface area contributed by atoms with Crippen molar-refractivity contribution in [2.24, 2.45) is 5.73 Å². The number of aryl methyl sites for hydroxylation is 2. The summed E-state index contributed by atoms with van der Waals surface area (Å²) < 4.78 is 0. The van der Waals surface area contributed by atoms with Crippen LogP contribution in [0.4, 0.5) is 0 Å². The number of rotatable bonds is 4. The number of hydrogen-bond donors (Lipinski definition) is 2. The van der Waals surface area contributed by atoms with Crippen LogP contribution in [0.25, 0.3) is 10.6 Å². The second-order valence-corrected chi connectivity index (χ2v) is 5.86. The van der Waals surface area contributed by atoms with Gasteiger partial charge < -0.3 is 11.1 Å². The number of aromatic nitrogens is 1. The van der Waals surface area contributed by atoms with Gasteiger partial charge in [-0.1, -0.05) is 29.8 Å². The largest absolute Gasteiger partial charge is 0.348 e. The molecule has 1 aromatic heterocycles. The molecule has 5 heteroatoms. The standard InChI is InChI=1S/C15H19N3OS/c1-9-4-6-12(7-5-9)15-18-11(3)14(20-15)10(2)17-13(19)8-16/h4-7,10H,8,16H2,1-3H3,(H,17,19). The van der Waals surface area contributed by atoms with E-state index >= 15 is 0 Å². The van der Waals surface area contributed by atoms with Crippen LogP contribution in [0.2, 0.25) is 0 Å². The second-order valence-electron chi connectivity index (χ2n) is 4.83. The number of amides is 1. The Labute approximate surface area is 123 Å². The molecule has 20 heavy (non-hydrogen) atoms. The van der Waals surface area contributed by atoms with Crippen LogP contribution >= 0.6 is 11.3 Å². The number of carbonyl (C=O) groups excluding carboxylic acids is 1. The van der Waals surface area contributed by atoms with E-state index in [0.29, 0.717) is 0 Å². The van der Waals surface area contributed by atoms with Crippen molar-refractivity contribution < 1.29 is 4.79 Å². The molecule has 1 unspecified atom stereocenters. The predicted molar refractivity (Wildman–Crippen MR) is 82.6 cm³/mol. The van der Waals surface area contributed by atoms with Gasteiger partial charge in [0.15, 0.2) is 0 Å². The molecule has 1 atom stereocenters. The van der Waals surface area contributed by atoms with E-state index in [1.807, 2.05) is 13.8 Å². The van der Waals surface area contributed by atoms with E-state index in [9.17, 15) is 4.79 Å². The zero-order valence-corrected chi connectivity index (χ0v) is 12.8. The Morgan fingerprint density at radius 1 is 1.35 bits per heavy atom. The first-order chi connectivity index (χ1) is 9.51. The highest BCUT2D eigenvalue weighted by atomic mass is 32.1. The molecule has 0 saturated carbocycles. The van der Waals surface area contributed by atoms with Crippen LogP contribution in [0.3, 0.4) is 0 Å². The summed E-state index contributed by atoms with van der Waals surface area (Å²) in [6.07, 6.45) is 0. The minimum Gasteiger partial charge on any atom is -0.348 e. The van der Waals surface area contributed by atoms with E-state index in [1.165, 1.54) is 5.56 Å². The van der Waals surface area contributed by atoms with Gasteiger partial charge in [-0.05, 0) is 20.8 Å². The van der Waals surface area contributed by atoms with Gasteiger partial charge in [0.1, 0.15) is 5.01 Å². The summed E-state index contributed by atoms with van der Waals surface area (Å²) in [6, 6.07) is 8.22. The minimum absolute atomic E-state index is 0.00696. The zero-order chi connectivity index (χ0) is 14.7. The van der Waals surface area contributed by atoms with E-state index in [0.717, 1.165) is 21.1 Å². The van der Waals surface area contributed by atoms with Gasteiger partial charge in [0.05, 0.1) is 23.2 Å². The van der Waals surface area contributed by atoms with Gasteiger partial charge in [0.2, 0.25) is 5.91 Å². The molecule has 0 radical (unpaired) electrons. The average Bonchev–Trinajstić information content (AvgIpc) is 2.81. The topological polar surface area (TPSA) is 68.0 Å². The molecule has 0 aliphatic carbocycles. The van der Waals surface area contributed by atoms with Crippen LogP contribution in [0.1, 0.15) is 29.1 Å². The van der Waals surface area contributed by atoms with Crippen molar-refractivity contribution in [3.05, 3.63) is 40.4 Å². The average molecular weight is 289 g/mol. The molecule has 4 nitrogen and oxygen atoms in total. The van der Waals surface area contributed by atoms with Gasteiger partial charge in [0.25, 0.3) is 0 Å². The van der Waals surface area contributed by atoms with E-state index in [4.69, 9.17) is 5.73 Å². The maximum atomic E-state index is 11.4. The first-order valence-corrected chi connectivity index (χ1v) is 7.36. The molecule has 0 aliphatic rings. The highest BCUT2D eigenvalue weighted by molar-refractivity contribution is 7.15. The predicted octanol–water partition coefficient (Wildman–Crippen LogP) is 2.56. The lowest BCUT2D eigenvalue weighted by molar-refractivity contribution is -0.120. The number of thiazole rings is 1.